The van der Waals surface area contributed by atoms with Gasteiger partial charge >= 0.3 is 43.2 Å². The molecule has 0 saturated heterocycles. The predicted octanol–water partition coefficient (Wildman–Crippen LogP) is -0.665. The van der Waals surface area contributed by atoms with Crippen molar-refractivity contribution in [1.29, 1.82) is 0 Å². The molecule has 1 saturated carbocycles. The van der Waals surface area contributed by atoms with E-state index in [1.54, 1.807) is 0 Å². The van der Waals surface area contributed by atoms with Gasteiger partial charge in [0, 0.05) is 12.8 Å². The van der Waals surface area contributed by atoms with Crippen molar-refractivity contribution in [2.24, 2.45) is 0 Å². The van der Waals surface area contributed by atoms with Crippen LogP contribution in [0.4, 0.5) is 0 Å². The van der Waals surface area contributed by atoms with Gasteiger partial charge in [-0.05, 0) is 12.8 Å². The minimum atomic E-state index is -5.81. The number of carbonyl (C=O) groups excluding carboxylic acids is 2. The molecule has 0 bridgehead atoms. The number of rotatable bonds is 14. The van der Waals surface area contributed by atoms with E-state index in [1.165, 1.54) is 13.8 Å². The van der Waals surface area contributed by atoms with E-state index < -0.39 is 92.7 Å². The van der Waals surface area contributed by atoms with Gasteiger partial charge in [-0.2, -0.15) is 0 Å². The zero-order valence-electron chi connectivity index (χ0n) is 19.6. The Balaban J connectivity index is 3.97. The molecule has 0 radical (unpaired) electrons. The van der Waals surface area contributed by atoms with Gasteiger partial charge in [-0.3, -0.25) is 27.7 Å². The van der Waals surface area contributed by atoms with Crippen LogP contribution in [0.5, 0.6) is 0 Å². The van der Waals surface area contributed by atoms with Gasteiger partial charge in [0.05, 0.1) is 0 Å². The summed E-state index contributed by atoms with van der Waals surface area (Å²) in [4.78, 5) is 99.7. The van der Waals surface area contributed by atoms with Gasteiger partial charge in [0.25, 0.3) is 0 Å². The van der Waals surface area contributed by atoms with Gasteiger partial charge in [-0.15, -0.1) is 0 Å². The van der Waals surface area contributed by atoms with Crippen LogP contribution in [-0.4, -0.2) is 87.7 Å². The fraction of sp³-hybridized carbons (Fsp3) is 0.857. The molecule has 0 spiro atoms. The normalized spacial score (nSPS) is 27.1. The molecule has 0 unspecified atom stereocenters. The number of phosphoric ester groups is 4. The van der Waals surface area contributed by atoms with E-state index in [2.05, 4.69) is 18.1 Å². The third-order valence-electron chi connectivity index (χ3n) is 4.42. The van der Waals surface area contributed by atoms with Crippen molar-refractivity contribution < 1.29 is 94.6 Å². The molecule has 6 atom stereocenters. The molecule has 8 N–H and O–H groups in total. The van der Waals surface area contributed by atoms with Gasteiger partial charge in [0.2, 0.25) is 0 Å². The lowest BCUT2D eigenvalue weighted by atomic mass is 9.84. The lowest BCUT2D eigenvalue weighted by Crippen LogP contribution is -2.67. The first-order valence-corrected chi connectivity index (χ1v) is 16.5. The van der Waals surface area contributed by atoms with Crippen LogP contribution in [0.15, 0.2) is 0 Å². The lowest BCUT2D eigenvalue weighted by molar-refractivity contribution is -0.231. The minimum Gasteiger partial charge on any atom is -0.455 e. The molecular formula is C14H28O20P4. The summed E-state index contributed by atoms with van der Waals surface area (Å²) in [5.41, 5.74) is 0. The third kappa shape index (κ3) is 12.7. The number of phosphoric acid groups is 4. The molecule has 1 aliphatic rings. The van der Waals surface area contributed by atoms with E-state index in [0.717, 1.165) is 0 Å². The van der Waals surface area contributed by atoms with E-state index >= 15 is 0 Å². The fourth-order valence-corrected chi connectivity index (χ4v) is 5.56. The molecule has 1 rings (SSSR count). The lowest BCUT2D eigenvalue weighted by Gasteiger charge is -2.47. The van der Waals surface area contributed by atoms with Gasteiger partial charge in [0.15, 0.2) is 12.2 Å². The summed E-state index contributed by atoms with van der Waals surface area (Å²) >= 11 is 0. The van der Waals surface area contributed by atoms with Crippen LogP contribution >= 0.6 is 31.3 Å². The molecule has 38 heavy (non-hydrogen) atoms. The van der Waals surface area contributed by atoms with Gasteiger partial charge in [-0.25, -0.2) is 18.3 Å². The summed E-state index contributed by atoms with van der Waals surface area (Å²) in [6.07, 6.45) is -16.2. The van der Waals surface area contributed by atoms with Crippen molar-refractivity contribution >= 4 is 43.2 Å². The quantitative estimate of drug-likeness (QED) is 0.0862. The average Bonchev–Trinajstić information content (AvgIpc) is 2.66. The Morgan fingerprint density at radius 2 is 0.711 bits per heavy atom. The molecule has 1 fully saturated rings. The van der Waals surface area contributed by atoms with E-state index in [9.17, 15) is 67.0 Å². The van der Waals surface area contributed by atoms with Crippen molar-refractivity contribution in [2.45, 2.75) is 76.2 Å². The van der Waals surface area contributed by atoms with Crippen LogP contribution in [0.3, 0.4) is 0 Å². The van der Waals surface area contributed by atoms with Crippen molar-refractivity contribution in [1.82, 2.24) is 0 Å². The molecule has 224 valence electrons. The Labute approximate surface area is 214 Å². The second-order valence-corrected chi connectivity index (χ2v) is 12.4. The Morgan fingerprint density at radius 3 is 0.895 bits per heavy atom. The highest BCUT2D eigenvalue weighted by Crippen LogP contribution is 2.53. The maximum atomic E-state index is 12.3. The molecule has 0 aromatic rings. The highest BCUT2D eigenvalue weighted by molar-refractivity contribution is 7.47. The number of ether oxygens (including phenoxy) is 2. The van der Waals surface area contributed by atoms with Gasteiger partial charge in [0.1, 0.15) is 24.4 Å². The second-order valence-electron chi connectivity index (χ2n) is 7.65. The van der Waals surface area contributed by atoms with Crippen LogP contribution in [0, 0.1) is 0 Å². The number of esters is 2. The summed E-state index contributed by atoms with van der Waals surface area (Å²) in [5, 5.41) is 0. The predicted molar refractivity (Wildman–Crippen MR) is 117 cm³/mol. The van der Waals surface area contributed by atoms with Gasteiger partial charge < -0.3 is 48.6 Å². The van der Waals surface area contributed by atoms with E-state index in [4.69, 9.17) is 9.47 Å². The Kier molecular flexibility index (Phi) is 12.9. The minimum absolute atomic E-state index is 0.116. The smallest absolute Gasteiger partial charge is 0.455 e. The molecule has 24 heteroatoms. The number of hydrogen-bond acceptors (Lipinski definition) is 12. The van der Waals surface area contributed by atoms with E-state index in [0.29, 0.717) is 0 Å². The van der Waals surface area contributed by atoms with Crippen molar-refractivity contribution in [3.8, 4) is 0 Å². The monoisotopic (exact) mass is 640 g/mol. The van der Waals surface area contributed by atoms with Crippen molar-refractivity contribution in [2.75, 3.05) is 0 Å². The summed E-state index contributed by atoms with van der Waals surface area (Å²) in [7, 11) is -23.1. The zero-order valence-corrected chi connectivity index (χ0v) is 23.1. The molecule has 1 aliphatic carbocycles. The second kappa shape index (κ2) is 13.8. The Bertz CT molecular complexity index is 927. The van der Waals surface area contributed by atoms with Crippen LogP contribution in [0.1, 0.15) is 39.5 Å². The third-order valence-corrected chi connectivity index (χ3v) is 6.49. The van der Waals surface area contributed by atoms with Crippen LogP contribution in [0.25, 0.3) is 0 Å². The Hall–Kier alpha value is -0.620. The van der Waals surface area contributed by atoms with Crippen molar-refractivity contribution in [3.05, 3.63) is 0 Å². The SMILES string of the molecule is CCCC(=O)O[C@@H]1[C@@H](OC(=O)CCC)[C@H](OP(=O)(O)O)[C@@H](OP(=O)(O)O)[C@H](OP(=O)(O)O)[C@H]1OP(=O)(O)O. The maximum Gasteiger partial charge on any atom is 0.470 e. The van der Waals surface area contributed by atoms with Crippen LogP contribution in [-0.2, 0) is 55.4 Å². The average molecular weight is 640 g/mol. The van der Waals surface area contributed by atoms with Crippen LogP contribution in [0.2, 0.25) is 0 Å². The largest absolute Gasteiger partial charge is 0.470 e. The molecule has 0 heterocycles. The summed E-state index contributed by atoms with van der Waals surface area (Å²) in [6.45, 7) is 2.99. The highest BCUT2D eigenvalue weighted by Gasteiger charge is 2.62. The molecule has 0 aliphatic heterocycles. The molecule has 20 nitrogen and oxygen atoms in total. The summed E-state index contributed by atoms with van der Waals surface area (Å²) in [6, 6.07) is 0. The summed E-state index contributed by atoms with van der Waals surface area (Å²) in [5.74, 6) is -2.37. The van der Waals surface area contributed by atoms with Gasteiger partial charge in [-0.1, -0.05) is 13.8 Å². The van der Waals surface area contributed by atoms with E-state index in [1.807, 2.05) is 0 Å². The highest BCUT2D eigenvalue weighted by atomic mass is 31.2. The first-order valence-electron chi connectivity index (χ1n) is 10.4. The number of hydrogen-bond donors (Lipinski definition) is 8. The maximum absolute atomic E-state index is 12.3. The topological polar surface area (TPSA) is 320 Å². The first kappa shape index (κ1) is 35.4. The Morgan fingerprint density at radius 1 is 0.500 bits per heavy atom. The van der Waals surface area contributed by atoms with Crippen LogP contribution < -0.4 is 0 Å². The zero-order chi connectivity index (χ0) is 29.7. The fourth-order valence-electron chi connectivity index (χ4n) is 3.33. The summed E-state index contributed by atoms with van der Waals surface area (Å²) < 4.78 is 74.6. The molecule has 0 aromatic carbocycles. The molecule has 0 aromatic heterocycles. The molecule has 0 amide bonds. The molecular weight excluding hydrogens is 612 g/mol. The number of carbonyl (C=O) groups is 2. The first-order chi connectivity index (χ1) is 17.1. The standard InChI is InChI=1S/C14H28O20P4/c1-3-5-7(15)29-9-10(30-8(16)6-4-2)12(32-36(20,21)22)14(34-38(26,27)28)13(33-37(23,24)25)11(9)31-35(17,18)19/h9-14H,3-6H2,1-2H3,(H2,17,18,19)(H2,20,21,22)(H2,23,24,25)(H2,26,27,28)/t9-,10-,11+,12+,13-,14-/m1/s1. The van der Waals surface area contributed by atoms with Crippen molar-refractivity contribution in [3.63, 3.8) is 0 Å². The van der Waals surface area contributed by atoms with E-state index in [-0.39, 0.29) is 12.8 Å².